The van der Waals surface area contributed by atoms with E-state index in [0.717, 1.165) is 11.4 Å². The summed E-state index contributed by atoms with van der Waals surface area (Å²) in [6.45, 7) is 5.71. The molecule has 0 bridgehead atoms. The number of nitrogens with one attached hydrogen (secondary N) is 1. The van der Waals surface area contributed by atoms with Crippen molar-refractivity contribution in [1.29, 1.82) is 0 Å². The Kier molecular flexibility index (Phi) is 4.82. The summed E-state index contributed by atoms with van der Waals surface area (Å²) in [6.07, 6.45) is 0.155. The third kappa shape index (κ3) is 4.34. The molecule has 1 N–H and O–H groups in total. The summed E-state index contributed by atoms with van der Waals surface area (Å²) >= 11 is 0. The first-order valence-electron chi connectivity index (χ1n) is 5.64. The van der Waals surface area contributed by atoms with E-state index in [1.54, 1.807) is 6.92 Å². The highest BCUT2D eigenvalue weighted by Crippen LogP contribution is 2.17. The van der Waals surface area contributed by atoms with Crippen molar-refractivity contribution in [3.63, 3.8) is 0 Å². The highest BCUT2D eigenvalue weighted by molar-refractivity contribution is 5.78. The Labute approximate surface area is 102 Å². The van der Waals surface area contributed by atoms with Gasteiger partial charge in [0.25, 0.3) is 0 Å². The third-order valence-corrected chi connectivity index (χ3v) is 2.16. The second-order valence-corrected chi connectivity index (χ2v) is 4.08. The Morgan fingerprint density at radius 2 is 1.76 bits per heavy atom. The molecule has 0 radical (unpaired) electrons. The predicted octanol–water partition coefficient (Wildman–Crippen LogP) is 2.45. The topological polar surface area (TPSA) is 47.6 Å². The molecule has 0 saturated carbocycles. The van der Waals surface area contributed by atoms with E-state index < -0.39 is 0 Å². The molecule has 0 saturated heterocycles. The summed E-state index contributed by atoms with van der Waals surface area (Å²) < 4.78 is 10.2. The predicted molar refractivity (Wildman–Crippen MR) is 67.3 cm³/mol. The van der Waals surface area contributed by atoms with E-state index in [4.69, 9.17) is 4.74 Å². The van der Waals surface area contributed by atoms with Crippen LogP contribution in [0.25, 0.3) is 0 Å². The summed E-state index contributed by atoms with van der Waals surface area (Å²) in [4.78, 5) is 11.2. The van der Waals surface area contributed by atoms with Crippen molar-refractivity contribution in [2.45, 2.75) is 32.9 Å². The molecule has 4 heteroatoms. The molecular formula is C13H19NO3. The Morgan fingerprint density at radius 1 is 1.18 bits per heavy atom. The summed E-state index contributed by atoms with van der Waals surface area (Å²) in [6, 6.07) is 7.12. The molecule has 0 aliphatic heterocycles. The maximum absolute atomic E-state index is 11.2. The van der Waals surface area contributed by atoms with E-state index >= 15 is 0 Å². The second kappa shape index (κ2) is 6.13. The molecule has 0 heterocycles. The molecule has 17 heavy (non-hydrogen) atoms. The number of carbonyl (C=O) groups is 1. The van der Waals surface area contributed by atoms with E-state index in [1.807, 2.05) is 38.1 Å². The van der Waals surface area contributed by atoms with Gasteiger partial charge in [-0.1, -0.05) is 0 Å². The van der Waals surface area contributed by atoms with Crippen molar-refractivity contribution >= 4 is 11.7 Å². The lowest BCUT2D eigenvalue weighted by molar-refractivity contribution is -0.141. The number of anilines is 1. The zero-order valence-electron chi connectivity index (χ0n) is 10.7. The number of methoxy groups -OCH3 is 1. The van der Waals surface area contributed by atoms with Crippen LogP contribution in [-0.4, -0.2) is 25.2 Å². The summed E-state index contributed by atoms with van der Waals surface area (Å²) in [7, 11) is 1.38. The highest BCUT2D eigenvalue weighted by atomic mass is 16.5. The average Bonchev–Trinajstić information content (AvgIpc) is 2.30. The number of benzene rings is 1. The molecule has 0 aromatic heterocycles. The van der Waals surface area contributed by atoms with Gasteiger partial charge < -0.3 is 14.8 Å². The molecule has 1 unspecified atom stereocenters. The van der Waals surface area contributed by atoms with Gasteiger partial charge in [0.2, 0.25) is 0 Å². The lowest BCUT2D eigenvalue weighted by atomic mass is 10.2. The standard InChI is InChI=1S/C13H19NO3/c1-9(2)17-12-7-5-11(6-8-12)14-10(3)13(15)16-4/h5-10,14H,1-4H3. The normalized spacial score (nSPS) is 12.1. The van der Waals surface area contributed by atoms with Gasteiger partial charge in [0.05, 0.1) is 13.2 Å². The van der Waals surface area contributed by atoms with Crippen LogP contribution in [0, 0.1) is 0 Å². The van der Waals surface area contributed by atoms with Crippen molar-refractivity contribution in [2.75, 3.05) is 12.4 Å². The van der Waals surface area contributed by atoms with Gasteiger partial charge in [0.1, 0.15) is 11.8 Å². The monoisotopic (exact) mass is 237 g/mol. The van der Waals surface area contributed by atoms with Gasteiger partial charge in [-0.3, -0.25) is 0 Å². The van der Waals surface area contributed by atoms with Crippen molar-refractivity contribution in [3.05, 3.63) is 24.3 Å². The van der Waals surface area contributed by atoms with Crippen LogP contribution in [0.2, 0.25) is 0 Å². The van der Waals surface area contributed by atoms with Crippen LogP contribution >= 0.6 is 0 Å². The van der Waals surface area contributed by atoms with E-state index in [0.29, 0.717) is 0 Å². The molecule has 1 atom stereocenters. The fourth-order valence-electron chi connectivity index (χ4n) is 1.39. The maximum atomic E-state index is 11.2. The number of esters is 1. The Balaban J connectivity index is 2.59. The molecule has 1 aromatic carbocycles. The molecule has 94 valence electrons. The maximum Gasteiger partial charge on any atom is 0.327 e. The summed E-state index contributed by atoms with van der Waals surface area (Å²) in [5, 5.41) is 3.04. The highest BCUT2D eigenvalue weighted by Gasteiger charge is 2.12. The van der Waals surface area contributed by atoms with Gasteiger partial charge in [-0.25, -0.2) is 4.79 Å². The fraction of sp³-hybridized carbons (Fsp3) is 0.462. The van der Waals surface area contributed by atoms with Crippen molar-refractivity contribution in [3.8, 4) is 5.75 Å². The van der Waals surface area contributed by atoms with E-state index in [2.05, 4.69) is 10.1 Å². The summed E-state index contributed by atoms with van der Waals surface area (Å²) in [5.41, 5.74) is 0.860. The van der Waals surface area contributed by atoms with Crippen LogP contribution in [0.15, 0.2) is 24.3 Å². The second-order valence-electron chi connectivity index (χ2n) is 4.08. The molecule has 1 rings (SSSR count). The smallest absolute Gasteiger partial charge is 0.327 e. The zero-order chi connectivity index (χ0) is 12.8. The number of hydrogen-bond acceptors (Lipinski definition) is 4. The van der Waals surface area contributed by atoms with Crippen molar-refractivity contribution in [2.24, 2.45) is 0 Å². The molecule has 0 aliphatic carbocycles. The average molecular weight is 237 g/mol. The molecular weight excluding hydrogens is 218 g/mol. The quantitative estimate of drug-likeness (QED) is 0.799. The van der Waals surface area contributed by atoms with Crippen LogP contribution in [0.1, 0.15) is 20.8 Å². The Bertz CT molecular complexity index is 359. The minimum atomic E-state index is -0.364. The summed E-state index contributed by atoms with van der Waals surface area (Å²) in [5.74, 6) is 0.531. The first kappa shape index (κ1) is 13.4. The van der Waals surface area contributed by atoms with Crippen LogP contribution in [-0.2, 0) is 9.53 Å². The van der Waals surface area contributed by atoms with Crippen LogP contribution in [0.3, 0.4) is 0 Å². The van der Waals surface area contributed by atoms with Gasteiger partial charge in [-0.2, -0.15) is 0 Å². The minimum Gasteiger partial charge on any atom is -0.491 e. The van der Waals surface area contributed by atoms with Crippen LogP contribution < -0.4 is 10.1 Å². The number of hydrogen-bond donors (Lipinski definition) is 1. The van der Waals surface area contributed by atoms with Crippen LogP contribution in [0.4, 0.5) is 5.69 Å². The van der Waals surface area contributed by atoms with Gasteiger partial charge in [0.15, 0.2) is 0 Å². The van der Waals surface area contributed by atoms with Gasteiger partial charge in [-0.05, 0) is 45.0 Å². The Hall–Kier alpha value is -1.71. The van der Waals surface area contributed by atoms with Gasteiger partial charge in [0, 0.05) is 5.69 Å². The molecule has 0 spiro atoms. The zero-order valence-corrected chi connectivity index (χ0v) is 10.7. The lowest BCUT2D eigenvalue weighted by Gasteiger charge is -2.14. The number of carbonyl (C=O) groups excluding carboxylic acids is 1. The van der Waals surface area contributed by atoms with E-state index in [1.165, 1.54) is 7.11 Å². The molecule has 4 nitrogen and oxygen atoms in total. The largest absolute Gasteiger partial charge is 0.491 e. The fourth-order valence-corrected chi connectivity index (χ4v) is 1.39. The first-order chi connectivity index (χ1) is 8.02. The molecule has 0 aliphatic rings. The van der Waals surface area contributed by atoms with Crippen molar-refractivity contribution in [1.82, 2.24) is 0 Å². The van der Waals surface area contributed by atoms with E-state index in [-0.39, 0.29) is 18.1 Å². The minimum absolute atomic E-state index is 0.155. The first-order valence-corrected chi connectivity index (χ1v) is 5.64. The molecule has 1 aromatic rings. The Morgan fingerprint density at radius 3 is 2.24 bits per heavy atom. The lowest BCUT2D eigenvalue weighted by Crippen LogP contribution is -2.27. The third-order valence-electron chi connectivity index (χ3n) is 2.16. The van der Waals surface area contributed by atoms with Crippen molar-refractivity contribution < 1.29 is 14.3 Å². The SMILES string of the molecule is COC(=O)C(C)Nc1ccc(OC(C)C)cc1. The molecule has 0 fully saturated rings. The molecule has 0 amide bonds. The van der Waals surface area contributed by atoms with Gasteiger partial charge in [-0.15, -0.1) is 0 Å². The van der Waals surface area contributed by atoms with E-state index in [9.17, 15) is 4.79 Å². The number of ether oxygens (including phenoxy) is 2. The van der Waals surface area contributed by atoms with Gasteiger partial charge >= 0.3 is 5.97 Å². The number of rotatable bonds is 5. The van der Waals surface area contributed by atoms with Crippen LogP contribution in [0.5, 0.6) is 5.75 Å².